The van der Waals surface area contributed by atoms with Crippen molar-refractivity contribution in [2.45, 2.75) is 37.4 Å². The smallest absolute Gasteiger partial charge is 0.338 e. The fourth-order valence-corrected chi connectivity index (χ4v) is 3.10. The molecule has 3 rings (SSSR count). The Morgan fingerprint density at radius 3 is 2.73 bits per heavy atom. The quantitative estimate of drug-likeness (QED) is 0.883. The Hall–Kier alpha value is -2.14. The third-order valence-corrected chi connectivity index (χ3v) is 4.27. The SMILES string of the molecule is Cn1nccc1[C@H]1C[C@@H](O)CC[C@@H]1OC(=O)c1ccccc1. The van der Waals surface area contributed by atoms with Crippen LogP contribution < -0.4 is 0 Å². The second kappa shape index (κ2) is 6.32. The van der Waals surface area contributed by atoms with Crippen molar-refractivity contribution in [1.82, 2.24) is 9.78 Å². The minimum Gasteiger partial charge on any atom is -0.458 e. The van der Waals surface area contributed by atoms with E-state index in [0.717, 1.165) is 5.69 Å². The van der Waals surface area contributed by atoms with Crippen molar-refractivity contribution in [2.24, 2.45) is 7.05 Å². The van der Waals surface area contributed by atoms with Crippen LogP contribution in [0.15, 0.2) is 42.6 Å². The monoisotopic (exact) mass is 300 g/mol. The van der Waals surface area contributed by atoms with E-state index in [1.54, 1.807) is 23.0 Å². The lowest BCUT2D eigenvalue weighted by Crippen LogP contribution is -2.35. The molecule has 0 unspecified atom stereocenters. The zero-order valence-electron chi connectivity index (χ0n) is 12.6. The summed E-state index contributed by atoms with van der Waals surface area (Å²) in [4.78, 5) is 12.3. The largest absolute Gasteiger partial charge is 0.458 e. The number of aliphatic hydroxyl groups is 1. The van der Waals surface area contributed by atoms with Crippen molar-refractivity contribution < 1.29 is 14.6 Å². The van der Waals surface area contributed by atoms with Crippen LogP contribution in [0, 0.1) is 0 Å². The molecule has 5 nitrogen and oxygen atoms in total. The molecular weight excluding hydrogens is 280 g/mol. The molecule has 5 heteroatoms. The fourth-order valence-electron chi connectivity index (χ4n) is 3.10. The number of aliphatic hydroxyl groups excluding tert-OH is 1. The minimum atomic E-state index is -0.355. The average Bonchev–Trinajstić information content (AvgIpc) is 2.96. The summed E-state index contributed by atoms with van der Waals surface area (Å²) in [6, 6.07) is 10.9. The zero-order valence-corrected chi connectivity index (χ0v) is 12.6. The summed E-state index contributed by atoms with van der Waals surface area (Å²) in [5.74, 6) is -0.335. The molecule has 0 bridgehead atoms. The van der Waals surface area contributed by atoms with Gasteiger partial charge in [-0.25, -0.2) is 4.79 Å². The maximum Gasteiger partial charge on any atom is 0.338 e. The summed E-state index contributed by atoms with van der Waals surface area (Å²) in [7, 11) is 1.87. The van der Waals surface area contributed by atoms with E-state index in [1.807, 2.05) is 31.3 Å². The molecule has 0 saturated heterocycles. The Balaban J connectivity index is 1.78. The molecular formula is C17H20N2O3. The molecule has 1 aliphatic carbocycles. The third kappa shape index (κ3) is 3.04. The van der Waals surface area contributed by atoms with Crippen molar-refractivity contribution >= 4 is 5.97 Å². The van der Waals surface area contributed by atoms with E-state index in [9.17, 15) is 9.90 Å². The summed E-state index contributed by atoms with van der Waals surface area (Å²) in [5.41, 5.74) is 1.54. The van der Waals surface area contributed by atoms with Gasteiger partial charge in [0.25, 0.3) is 0 Å². The number of hydrogen-bond acceptors (Lipinski definition) is 4. The number of rotatable bonds is 3. The van der Waals surface area contributed by atoms with Crippen LogP contribution in [0.3, 0.4) is 0 Å². The first kappa shape index (κ1) is 14.8. The number of esters is 1. The van der Waals surface area contributed by atoms with E-state index < -0.39 is 0 Å². The lowest BCUT2D eigenvalue weighted by atomic mass is 9.82. The Morgan fingerprint density at radius 1 is 1.27 bits per heavy atom. The lowest BCUT2D eigenvalue weighted by molar-refractivity contribution is -0.00698. The molecule has 0 aliphatic heterocycles. The van der Waals surface area contributed by atoms with Crippen molar-refractivity contribution in [1.29, 1.82) is 0 Å². The average molecular weight is 300 g/mol. The van der Waals surface area contributed by atoms with Crippen LogP contribution in [0.4, 0.5) is 0 Å². The molecule has 2 aromatic rings. The molecule has 116 valence electrons. The van der Waals surface area contributed by atoms with E-state index >= 15 is 0 Å². The molecule has 0 amide bonds. The van der Waals surface area contributed by atoms with Gasteiger partial charge < -0.3 is 9.84 Å². The highest BCUT2D eigenvalue weighted by Gasteiger charge is 2.35. The first-order valence-electron chi connectivity index (χ1n) is 7.57. The molecule has 0 radical (unpaired) electrons. The summed E-state index contributed by atoms with van der Waals surface area (Å²) < 4.78 is 7.51. The minimum absolute atomic E-state index is 0.0242. The van der Waals surface area contributed by atoms with Gasteiger partial charge in [-0.15, -0.1) is 0 Å². The summed E-state index contributed by atoms with van der Waals surface area (Å²) in [6.07, 6.45) is 3.05. The molecule has 3 atom stereocenters. The normalized spacial score (nSPS) is 24.9. The van der Waals surface area contributed by atoms with Crippen LogP contribution in [-0.4, -0.2) is 33.1 Å². The topological polar surface area (TPSA) is 64.3 Å². The van der Waals surface area contributed by atoms with Gasteiger partial charge in [0.2, 0.25) is 0 Å². The molecule has 1 aliphatic rings. The van der Waals surface area contributed by atoms with Crippen LogP contribution in [0.5, 0.6) is 0 Å². The Kier molecular flexibility index (Phi) is 4.24. The number of hydrogen-bond donors (Lipinski definition) is 1. The van der Waals surface area contributed by atoms with E-state index in [0.29, 0.717) is 24.8 Å². The molecule has 1 saturated carbocycles. The highest BCUT2D eigenvalue weighted by atomic mass is 16.5. The highest BCUT2D eigenvalue weighted by Crippen LogP contribution is 2.35. The predicted molar refractivity (Wildman–Crippen MR) is 81.5 cm³/mol. The van der Waals surface area contributed by atoms with E-state index in [2.05, 4.69) is 5.10 Å². The molecule has 1 N–H and O–H groups in total. The molecule has 1 heterocycles. The number of carbonyl (C=O) groups is 1. The lowest BCUT2D eigenvalue weighted by Gasteiger charge is -2.33. The first-order chi connectivity index (χ1) is 10.6. The van der Waals surface area contributed by atoms with Crippen molar-refractivity contribution in [2.75, 3.05) is 0 Å². The van der Waals surface area contributed by atoms with E-state index in [-0.39, 0.29) is 24.1 Å². The Morgan fingerprint density at radius 2 is 2.05 bits per heavy atom. The van der Waals surface area contributed by atoms with Crippen molar-refractivity contribution in [3.05, 3.63) is 53.9 Å². The standard InChI is InChI=1S/C17H20N2O3/c1-19-15(9-10-18-19)14-11-13(20)7-8-16(14)22-17(21)12-5-3-2-4-6-12/h2-6,9-10,13-14,16,20H,7-8,11H2,1H3/t13-,14+,16-/m0/s1. The molecule has 1 aromatic carbocycles. The van der Waals surface area contributed by atoms with Gasteiger partial charge in [0, 0.05) is 24.9 Å². The summed E-state index contributed by atoms with van der Waals surface area (Å²) in [6.45, 7) is 0. The summed E-state index contributed by atoms with van der Waals surface area (Å²) >= 11 is 0. The van der Waals surface area contributed by atoms with Gasteiger partial charge in [-0.05, 0) is 37.5 Å². The Bertz CT molecular complexity index is 638. The van der Waals surface area contributed by atoms with Gasteiger partial charge in [-0.1, -0.05) is 18.2 Å². The number of ether oxygens (including phenoxy) is 1. The Labute approximate surface area is 129 Å². The second-order valence-electron chi connectivity index (χ2n) is 5.76. The van der Waals surface area contributed by atoms with Crippen LogP contribution >= 0.6 is 0 Å². The molecule has 0 spiro atoms. The molecule has 1 fully saturated rings. The first-order valence-corrected chi connectivity index (χ1v) is 7.57. The zero-order chi connectivity index (χ0) is 15.5. The molecule has 22 heavy (non-hydrogen) atoms. The van der Waals surface area contributed by atoms with Gasteiger partial charge in [0.05, 0.1) is 11.7 Å². The van der Waals surface area contributed by atoms with Gasteiger partial charge in [0.1, 0.15) is 6.10 Å². The van der Waals surface area contributed by atoms with E-state index in [4.69, 9.17) is 4.74 Å². The van der Waals surface area contributed by atoms with Gasteiger partial charge in [0.15, 0.2) is 0 Å². The highest BCUT2D eigenvalue weighted by molar-refractivity contribution is 5.89. The summed E-state index contributed by atoms with van der Waals surface area (Å²) in [5, 5.41) is 14.2. The van der Waals surface area contributed by atoms with Gasteiger partial charge >= 0.3 is 5.97 Å². The van der Waals surface area contributed by atoms with Gasteiger partial charge in [-0.2, -0.15) is 5.10 Å². The van der Waals surface area contributed by atoms with Crippen LogP contribution in [0.2, 0.25) is 0 Å². The van der Waals surface area contributed by atoms with Crippen LogP contribution in [-0.2, 0) is 11.8 Å². The second-order valence-corrected chi connectivity index (χ2v) is 5.76. The molecule has 1 aromatic heterocycles. The van der Waals surface area contributed by atoms with Crippen LogP contribution in [0.1, 0.15) is 41.2 Å². The van der Waals surface area contributed by atoms with Crippen LogP contribution in [0.25, 0.3) is 0 Å². The number of aromatic nitrogens is 2. The van der Waals surface area contributed by atoms with E-state index in [1.165, 1.54) is 0 Å². The maximum atomic E-state index is 12.3. The predicted octanol–water partition coefficient (Wildman–Crippen LogP) is 2.27. The van der Waals surface area contributed by atoms with Crippen molar-refractivity contribution in [3.8, 4) is 0 Å². The number of aryl methyl sites for hydroxylation is 1. The maximum absolute atomic E-state index is 12.3. The van der Waals surface area contributed by atoms with Crippen molar-refractivity contribution in [3.63, 3.8) is 0 Å². The number of benzene rings is 1. The third-order valence-electron chi connectivity index (χ3n) is 4.27. The number of nitrogens with zero attached hydrogens (tertiary/aromatic N) is 2. The number of carbonyl (C=O) groups excluding carboxylic acids is 1. The van der Waals surface area contributed by atoms with Gasteiger partial charge in [-0.3, -0.25) is 4.68 Å². The fraction of sp³-hybridized carbons (Fsp3) is 0.412.